The number of Topliss-reactive ketones (excluding diaryl/α,β-unsaturated/α-hetero) is 1. The van der Waals surface area contributed by atoms with E-state index in [1.54, 1.807) is 26.2 Å². The number of H-pyrrole nitrogens is 1. The fourth-order valence-corrected chi connectivity index (χ4v) is 3.32. The number of benzene rings is 1. The molecule has 0 bridgehead atoms. The first-order valence-electron chi connectivity index (χ1n) is 8.85. The molecule has 1 aromatic carbocycles. The van der Waals surface area contributed by atoms with Gasteiger partial charge in [-0.3, -0.25) is 14.6 Å². The minimum Gasteiger partial charge on any atom is -0.369 e. The lowest BCUT2D eigenvalue weighted by Gasteiger charge is -2.17. The average molecular weight is 360 g/mol. The van der Waals surface area contributed by atoms with E-state index in [0.717, 1.165) is 40.1 Å². The molecule has 0 aliphatic heterocycles. The van der Waals surface area contributed by atoms with Crippen molar-refractivity contribution in [3.05, 3.63) is 59.7 Å². The Kier molecular flexibility index (Phi) is 3.91. The highest BCUT2D eigenvalue weighted by Crippen LogP contribution is 2.35. The molecule has 6 nitrogen and oxygen atoms in total. The summed E-state index contributed by atoms with van der Waals surface area (Å²) >= 11 is 0. The standard InChI is InChI=1S/C21H20N4O2/c1-21(2,19(22)27)20-24-17(12-7-9-23-10-8-12)18(25-20)14-3-5-15-13(11-14)4-6-16(15)26/h3,5,7-11H,4,6H2,1-2H3,(H2,22,27)(H,24,25). The molecular weight excluding hydrogens is 340 g/mol. The van der Waals surface area contributed by atoms with Gasteiger partial charge in [0.05, 0.1) is 11.4 Å². The Balaban J connectivity index is 1.90. The number of hydrogen-bond acceptors (Lipinski definition) is 4. The van der Waals surface area contributed by atoms with Crippen LogP contribution in [0, 0.1) is 0 Å². The third-order valence-corrected chi connectivity index (χ3v) is 5.18. The molecule has 136 valence electrons. The summed E-state index contributed by atoms with van der Waals surface area (Å²) in [6.45, 7) is 3.49. The predicted octanol–water partition coefficient (Wildman–Crippen LogP) is 3.03. The van der Waals surface area contributed by atoms with Crippen LogP contribution >= 0.6 is 0 Å². The average Bonchev–Trinajstić information content (AvgIpc) is 3.27. The molecule has 1 amide bonds. The van der Waals surface area contributed by atoms with Crippen LogP contribution in [0.25, 0.3) is 22.5 Å². The second kappa shape index (κ2) is 6.16. The number of carbonyl (C=O) groups excluding carboxylic acids is 2. The summed E-state index contributed by atoms with van der Waals surface area (Å²) in [5, 5.41) is 0. The van der Waals surface area contributed by atoms with Gasteiger partial charge in [0.2, 0.25) is 5.91 Å². The molecule has 27 heavy (non-hydrogen) atoms. The largest absolute Gasteiger partial charge is 0.369 e. The minimum atomic E-state index is -0.938. The maximum atomic E-state index is 11.9. The molecule has 0 spiro atoms. The van der Waals surface area contributed by atoms with Crippen molar-refractivity contribution in [3.63, 3.8) is 0 Å². The Hall–Kier alpha value is -3.28. The van der Waals surface area contributed by atoms with Gasteiger partial charge in [-0.05, 0) is 44.0 Å². The lowest BCUT2D eigenvalue weighted by molar-refractivity contribution is -0.122. The number of rotatable bonds is 4. The van der Waals surface area contributed by atoms with Gasteiger partial charge in [0, 0.05) is 35.5 Å². The molecule has 2 heterocycles. The van der Waals surface area contributed by atoms with E-state index in [2.05, 4.69) is 9.97 Å². The molecular formula is C21H20N4O2. The van der Waals surface area contributed by atoms with Gasteiger partial charge >= 0.3 is 0 Å². The van der Waals surface area contributed by atoms with Crippen LogP contribution in [0.15, 0.2) is 42.7 Å². The summed E-state index contributed by atoms with van der Waals surface area (Å²) in [4.78, 5) is 35.9. The van der Waals surface area contributed by atoms with Crippen molar-refractivity contribution in [1.82, 2.24) is 15.0 Å². The first kappa shape index (κ1) is 17.1. The highest BCUT2D eigenvalue weighted by molar-refractivity contribution is 6.01. The first-order chi connectivity index (χ1) is 12.9. The topological polar surface area (TPSA) is 102 Å². The molecule has 0 saturated heterocycles. The second-order valence-corrected chi connectivity index (χ2v) is 7.33. The maximum Gasteiger partial charge on any atom is 0.230 e. The molecule has 0 saturated carbocycles. The Morgan fingerprint density at radius 2 is 1.85 bits per heavy atom. The number of imidazole rings is 1. The van der Waals surface area contributed by atoms with Crippen molar-refractivity contribution in [2.24, 2.45) is 5.73 Å². The Labute approximate surface area is 156 Å². The van der Waals surface area contributed by atoms with Gasteiger partial charge in [0.15, 0.2) is 5.78 Å². The zero-order valence-electron chi connectivity index (χ0n) is 15.2. The third kappa shape index (κ3) is 2.83. The summed E-state index contributed by atoms with van der Waals surface area (Å²) in [7, 11) is 0. The van der Waals surface area contributed by atoms with E-state index in [1.807, 2.05) is 30.3 Å². The number of nitrogens with two attached hydrogens (primary N) is 1. The number of pyridine rings is 1. The number of aryl methyl sites for hydroxylation is 1. The van der Waals surface area contributed by atoms with Crippen LogP contribution in [-0.2, 0) is 16.6 Å². The highest BCUT2D eigenvalue weighted by atomic mass is 16.1. The number of carbonyl (C=O) groups is 2. The van der Waals surface area contributed by atoms with Crippen LogP contribution in [0.3, 0.4) is 0 Å². The Bertz CT molecular complexity index is 1050. The zero-order valence-corrected chi connectivity index (χ0v) is 15.2. The fraction of sp³-hybridized carbons (Fsp3) is 0.238. The summed E-state index contributed by atoms with van der Waals surface area (Å²) < 4.78 is 0. The molecule has 0 atom stereocenters. The lowest BCUT2D eigenvalue weighted by atomic mass is 9.92. The fourth-order valence-electron chi connectivity index (χ4n) is 3.32. The molecule has 0 radical (unpaired) electrons. The SMILES string of the molecule is CC(C)(C(N)=O)c1nc(-c2ccncc2)c(-c2ccc3c(c2)CCC3=O)[nH]1. The van der Waals surface area contributed by atoms with Gasteiger partial charge < -0.3 is 10.7 Å². The lowest BCUT2D eigenvalue weighted by Crippen LogP contribution is -2.36. The van der Waals surface area contributed by atoms with E-state index >= 15 is 0 Å². The summed E-state index contributed by atoms with van der Waals surface area (Å²) in [6, 6.07) is 9.56. The van der Waals surface area contributed by atoms with E-state index in [-0.39, 0.29) is 5.78 Å². The zero-order chi connectivity index (χ0) is 19.2. The van der Waals surface area contributed by atoms with E-state index in [0.29, 0.717) is 12.2 Å². The van der Waals surface area contributed by atoms with Crippen molar-refractivity contribution >= 4 is 11.7 Å². The number of aromatic amines is 1. The van der Waals surface area contributed by atoms with Crippen LogP contribution in [0.4, 0.5) is 0 Å². The van der Waals surface area contributed by atoms with Gasteiger partial charge in [-0.2, -0.15) is 0 Å². The van der Waals surface area contributed by atoms with Crippen molar-refractivity contribution in [2.45, 2.75) is 32.1 Å². The molecule has 0 fully saturated rings. The Morgan fingerprint density at radius 1 is 1.11 bits per heavy atom. The molecule has 4 rings (SSSR count). The second-order valence-electron chi connectivity index (χ2n) is 7.33. The molecule has 0 unspecified atom stereocenters. The number of primary amides is 1. The number of nitrogens with zero attached hydrogens (tertiary/aromatic N) is 2. The molecule has 2 aromatic heterocycles. The van der Waals surface area contributed by atoms with Crippen LogP contribution in [0.1, 0.15) is 42.0 Å². The quantitative estimate of drug-likeness (QED) is 0.746. The molecule has 1 aliphatic carbocycles. The van der Waals surface area contributed by atoms with Crippen LogP contribution in [0.5, 0.6) is 0 Å². The third-order valence-electron chi connectivity index (χ3n) is 5.18. The van der Waals surface area contributed by atoms with Crippen LogP contribution in [0.2, 0.25) is 0 Å². The van der Waals surface area contributed by atoms with Gasteiger partial charge in [-0.1, -0.05) is 12.1 Å². The maximum absolute atomic E-state index is 11.9. The van der Waals surface area contributed by atoms with E-state index < -0.39 is 11.3 Å². The van der Waals surface area contributed by atoms with Gasteiger partial charge in [0.25, 0.3) is 0 Å². The smallest absolute Gasteiger partial charge is 0.230 e. The van der Waals surface area contributed by atoms with Crippen LogP contribution in [-0.4, -0.2) is 26.6 Å². The van der Waals surface area contributed by atoms with Crippen molar-refractivity contribution in [3.8, 4) is 22.5 Å². The number of fused-ring (bicyclic) bond motifs is 1. The summed E-state index contributed by atoms with van der Waals surface area (Å²) in [6.07, 6.45) is 4.71. The first-order valence-corrected chi connectivity index (χ1v) is 8.85. The molecule has 6 heteroatoms. The molecule has 3 N–H and O–H groups in total. The summed E-state index contributed by atoms with van der Waals surface area (Å²) in [5.74, 6) is 0.239. The van der Waals surface area contributed by atoms with Gasteiger partial charge in [0.1, 0.15) is 11.2 Å². The van der Waals surface area contributed by atoms with Gasteiger partial charge in [-0.15, -0.1) is 0 Å². The minimum absolute atomic E-state index is 0.186. The van der Waals surface area contributed by atoms with Crippen LogP contribution < -0.4 is 5.73 Å². The van der Waals surface area contributed by atoms with Crippen molar-refractivity contribution in [1.29, 1.82) is 0 Å². The number of amides is 1. The van der Waals surface area contributed by atoms with Gasteiger partial charge in [-0.25, -0.2) is 4.98 Å². The van der Waals surface area contributed by atoms with Crippen molar-refractivity contribution < 1.29 is 9.59 Å². The predicted molar refractivity (Wildman–Crippen MR) is 102 cm³/mol. The highest BCUT2D eigenvalue weighted by Gasteiger charge is 2.32. The Morgan fingerprint density at radius 3 is 2.56 bits per heavy atom. The monoisotopic (exact) mass is 360 g/mol. The normalized spacial score (nSPS) is 13.6. The number of nitrogens with one attached hydrogen (secondary N) is 1. The number of hydrogen-bond donors (Lipinski definition) is 2. The van der Waals surface area contributed by atoms with E-state index in [4.69, 9.17) is 10.7 Å². The van der Waals surface area contributed by atoms with E-state index in [1.165, 1.54) is 0 Å². The molecule has 1 aliphatic rings. The molecule has 3 aromatic rings. The number of aromatic nitrogens is 3. The van der Waals surface area contributed by atoms with Crippen molar-refractivity contribution in [2.75, 3.05) is 0 Å². The number of ketones is 1. The van der Waals surface area contributed by atoms with E-state index in [9.17, 15) is 9.59 Å². The summed E-state index contributed by atoms with van der Waals surface area (Å²) in [5.41, 5.74) is 9.82.